The maximum absolute atomic E-state index is 12.1. The Hall–Kier alpha value is -2.87. The third-order valence-electron chi connectivity index (χ3n) is 3.40. The Labute approximate surface area is 159 Å². The predicted molar refractivity (Wildman–Crippen MR) is 104 cm³/mol. The van der Waals surface area contributed by atoms with Gasteiger partial charge in [-0.3, -0.25) is 14.4 Å². The Kier molecular flexibility index (Phi) is 7.16. The fourth-order valence-electron chi connectivity index (χ4n) is 2.23. The van der Waals surface area contributed by atoms with E-state index in [1.807, 2.05) is 12.1 Å². The van der Waals surface area contributed by atoms with Crippen LogP contribution in [0.4, 0.5) is 11.4 Å². The lowest BCUT2D eigenvalue weighted by atomic mass is 10.2. The van der Waals surface area contributed by atoms with Gasteiger partial charge in [-0.15, -0.1) is 0 Å². The van der Waals surface area contributed by atoms with Gasteiger partial charge in [0.2, 0.25) is 17.7 Å². The molecule has 2 aromatic rings. The minimum Gasteiger partial charge on any atom is -0.368 e. The zero-order valence-electron chi connectivity index (χ0n) is 13.9. The summed E-state index contributed by atoms with van der Waals surface area (Å²) in [5.41, 5.74) is 6.56. The van der Waals surface area contributed by atoms with E-state index >= 15 is 0 Å². The highest BCUT2D eigenvalue weighted by molar-refractivity contribution is 9.10. The average Bonchev–Trinajstić information content (AvgIpc) is 2.62. The number of anilines is 2. The second-order valence-electron chi connectivity index (χ2n) is 5.46. The van der Waals surface area contributed by atoms with E-state index in [-0.39, 0.29) is 25.5 Å². The minimum atomic E-state index is -0.548. The molecule has 0 fully saturated rings. The van der Waals surface area contributed by atoms with Crippen molar-refractivity contribution in [1.82, 2.24) is 5.32 Å². The molecule has 7 nitrogen and oxygen atoms in total. The number of hydrogen-bond acceptors (Lipinski definition) is 4. The highest BCUT2D eigenvalue weighted by Gasteiger charge is 2.14. The highest BCUT2D eigenvalue weighted by Crippen LogP contribution is 2.20. The summed E-state index contributed by atoms with van der Waals surface area (Å²) in [5.74, 6) is -1.29. The number of nitrogens with two attached hydrogens (primary N) is 1. The van der Waals surface area contributed by atoms with Crippen molar-refractivity contribution < 1.29 is 14.4 Å². The molecule has 136 valence electrons. The molecule has 0 saturated heterocycles. The molecule has 0 atom stereocenters. The van der Waals surface area contributed by atoms with E-state index in [9.17, 15) is 14.4 Å². The van der Waals surface area contributed by atoms with Crippen LogP contribution in [0.2, 0.25) is 0 Å². The van der Waals surface area contributed by atoms with Crippen molar-refractivity contribution >= 4 is 45.0 Å². The number of carbonyl (C=O) groups is 3. The van der Waals surface area contributed by atoms with Crippen LogP contribution in [0, 0.1) is 0 Å². The molecule has 2 rings (SSSR count). The molecule has 0 aliphatic carbocycles. The maximum Gasteiger partial charge on any atom is 0.243 e. The Balaban J connectivity index is 1.88. The van der Waals surface area contributed by atoms with E-state index in [2.05, 4.69) is 26.6 Å². The molecule has 0 bridgehead atoms. The van der Waals surface area contributed by atoms with Crippen LogP contribution in [-0.2, 0) is 14.4 Å². The normalized spacial score (nSPS) is 10.0. The van der Waals surface area contributed by atoms with Gasteiger partial charge in [-0.05, 0) is 40.2 Å². The molecule has 2 aromatic carbocycles. The lowest BCUT2D eigenvalue weighted by Gasteiger charge is -2.22. The summed E-state index contributed by atoms with van der Waals surface area (Å²) >= 11 is 3.33. The van der Waals surface area contributed by atoms with Gasteiger partial charge in [-0.25, -0.2) is 0 Å². The molecule has 0 aliphatic rings. The number of para-hydroxylation sites is 2. The first kappa shape index (κ1) is 19.5. The summed E-state index contributed by atoms with van der Waals surface area (Å²) in [4.78, 5) is 36.9. The van der Waals surface area contributed by atoms with Crippen molar-refractivity contribution in [2.45, 2.75) is 0 Å². The third-order valence-corrected chi connectivity index (χ3v) is 4.09. The zero-order chi connectivity index (χ0) is 18.9. The maximum atomic E-state index is 12.1. The monoisotopic (exact) mass is 418 g/mol. The molecular weight excluding hydrogens is 400 g/mol. The molecule has 0 radical (unpaired) electrons. The van der Waals surface area contributed by atoms with Gasteiger partial charge < -0.3 is 21.3 Å². The van der Waals surface area contributed by atoms with Gasteiger partial charge in [-0.2, -0.15) is 0 Å². The van der Waals surface area contributed by atoms with Crippen LogP contribution in [0.25, 0.3) is 0 Å². The SMILES string of the molecule is NC(=O)CN(CC(=O)NCC(=O)Nc1ccccc1Br)c1ccccc1. The summed E-state index contributed by atoms with van der Waals surface area (Å²) in [6.07, 6.45) is 0. The topological polar surface area (TPSA) is 105 Å². The van der Waals surface area contributed by atoms with E-state index in [0.717, 1.165) is 4.47 Å². The van der Waals surface area contributed by atoms with Crippen molar-refractivity contribution in [3.63, 3.8) is 0 Å². The Morgan fingerprint density at radius 1 is 0.923 bits per heavy atom. The smallest absolute Gasteiger partial charge is 0.243 e. The Bertz CT molecular complexity index is 783. The second-order valence-corrected chi connectivity index (χ2v) is 6.32. The van der Waals surface area contributed by atoms with Gasteiger partial charge in [0.25, 0.3) is 0 Å². The van der Waals surface area contributed by atoms with E-state index < -0.39 is 11.8 Å². The van der Waals surface area contributed by atoms with Gasteiger partial charge >= 0.3 is 0 Å². The quantitative estimate of drug-likeness (QED) is 0.603. The number of halogens is 1. The van der Waals surface area contributed by atoms with Crippen molar-refractivity contribution in [2.24, 2.45) is 5.73 Å². The Morgan fingerprint density at radius 3 is 2.23 bits per heavy atom. The van der Waals surface area contributed by atoms with Crippen molar-refractivity contribution in [1.29, 1.82) is 0 Å². The highest BCUT2D eigenvalue weighted by atomic mass is 79.9. The molecule has 0 unspecified atom stereocenters. The predicted octanol–water partition coefficient (Wildman–Crippen LogP) is 1.50. The standard InChI is InChI=1S/C18H19BrN4O3/c19-14-8-4-5-9-15(14)22-17(25)10-21-18(26)12-23(11-16(20)24)13-6-2-1-3-7-13/h1-9H,10-12H2,(H2,20,24)(H,21,26)(H,22,25). The van der Waals surface area contributed by atoms with Crippen LogP contribution in [0.3, 0.4) is 0 Å². The number of nitrogens with one attached hydrogen (secondary N) is 2. The summed E-state index contributed by atoms with van der Waals surface area (Å²) in [6, 6.07) is 16.1. The number of carbonyl (C=O) groups excluding carboxylic acids is 3. The van der Waals surface area contributed by atoms with Gasteiger partial charge in [0.15, 0.2) is 0 Å². The first-order chi connectivity index (χ1) is 12.5. The summed E-state index contributed by atoms with van der Waals surface area (Å²) < 4.78 is 0.747. The molecular formula is C18H19BrN4O3. The van der Waals surface area contributed by atoms with E-state index in [0.29, 0.717) is 11.4 Å². The molecule has 8 heteroatoms. The van der Waals surface area contributed by atoms with Crippen LogP contribution in [0.1, 0.15) is 0 Å². The number of hydrogen-bond donors (Lipinski definition) is 3. The second kappa shape index (κ2) is 9.57. The summed E-state index contributed by atoms with van der Waals surface area (Å²) in [6.45, 7) is -0.366. The first-order valence-corrected chi connectivity index (χ1v) is 8.64. The molecule has 0 aliphatic heterocycles. The van der Waals surface area contributed by atoms with Crippen molar-refractivity contribution in [3.8, 4) is 0 Å². The van der Waals surface area contributed by atoms with Gasteiger partial charge in [0.05, 0.1) is 25.3 Å². The van der Waals surface area contributed by atoms with Gasteiger partial charge in [0, 0.05) is 10.2 Å². The number of primary amides is 1. The average molecular weight is 419 g/mol. The van der Waals surface area contributed by atoms with Crippen molar-refractivity contribution in [3.05, 3.63) is 59.1 Å². The minimum absolute atomic E-state index is 0.0880. The molecule has 0 saturated carbocycles. The summed E-state index contributed by atoms with van der Waals surface area (Å²) in [5, 5.41) is 5.23. The first-order valence-electron chi connectivity index (χ1n) is 7.85. The Morgan fingerprint density at radius 2 is 1.58 bits per heavy atom. The third kappa shape index (κ3) is 6.21. The van der Waals surface area contributed by atoms with Crippen LogP contribution >= 0.6 is 15.9 Å². The van der Waals surface area contributed by atoms with E-state index in [1.54, 1.807) is 47.4 Å². The van der Waals surface area contributed by atoms with Gasteiger partial charge in [0.1, 0.15) is 0 Å². The lowest BCUT2D eigenvalue weighted by Crippen LogP contribution is -2.43. The molecule has 3 amide bonds. The van der Waals surface area contributed by atoms with Gasteiger partial charge in [-0.1, -0.05) is 30.3 Å². The fraction of sp³-hybridized carbons (Fsp3) is 0.167. The molecule has 0 spiro atoms. The molecule has 26 heavy (non-hydrogen) atoms. The molecule has 0 aromatic heterocycles. The van der Waals surface area contributed by atoms with Crippen LogP contribution < -0.4 is 21.3 Å². The zero-order valence-corrected chi connectivity index (χ0v) is 15.5. The fourth-order valence-corrected chi connectivity index (χ4v) is 2.61. The largest absolute Gasteiger partial charge is 0.368 e. The number of rotatable bonds is 8. The van der Waals surface area contributed by atoms with Crippen LogP contribution in [-0.4, -0.2) is 37.4 Å². The molecule has 4 N–H and O–H groups in total. The number of amides is 3. The summed E-state index contributed by atoms with van der Waals surface area (Å²) in [7, 11) is 0. The number of benzene rings is 2. The van der Waals surface area contributed by atoms with Crippen LogP contribution in [0.5, 0.6) is 0 Å². The molecule has 0 heterocycles. The van der Waals surface area contributed by atoms with Crippen molar-refractivity contribution in [2.75, 3.05) is 29.9 Å². The van der Waals surface area contributed by atoms with Crippen LogP contribution in [0.15, 0.2) is 59.1 Å². The van der Waals surface area contributed by atoms with E-state index in [1.165, 1.54) is 0 Å². The lowest BCUT2D eigenvalue weighted by molar-refractivity contribution is -0.123. The van der Waals surface area contributed by atoms with E-state index in [4.69, 9.17) is 5.73 Å². The number of nitrogens with zero attached hydrogens (tertiary/aromatic N) is 1.